The highest BCUT2D eigenvalue weighted by Crippen LogP contribution is 2.32. The SMILES string of the molecule is CCc1ccc(OCc2ccc(Cl)nn2)c(C(C)(C)C)c1. The molecule has 0 spiro atoms. The number of halogens is 1. The van der Waals surface area contributed by atoms with Crippen molar-refractivity contribution in [3.63, 3.8) is 0 Å². The van der Waals surface area contributed by atoms with Crippen LogP contribution in [0.2, 0.25) is 5.15 Å². The lowest BCUT2D eigenvalue weighted by Gasteiger charge is -2.23. The third-order valence-electron chi connectivity index (χ3n) is 3.32. The summed E-state index contributed by atoms with van der Waals surface area (Å²) in [5.41, 5.74) is 3.33. The van der Waals surface area contributed by atoms with Crippen LogP contribution in [0.15, 0.2) is 30.3 Å². The molecule has 21 heavy (non-hydrogen) atoms. The minimum atomic E-state index is 0.0339. The third kappa shape index (κ3) is 4.18. The Labute approximate surface area is 131 Å². The van der Waals surface area contributed by atoms with Crippen LogP contribution in [-0.4, -0.2) is 10.2 Å². The standard InChI is InChI=1S/C17H21ClN2O/c1-5-12-6-8-15(14(10-12)17(2,3)4)21-11-13-7-9-16(18)20-19-13/h6-10H,5,11H2,1-4H3. The van der Waals surface area contributed by atoms with Gasteiger partial charge in [-0.2, -0.15) is 5.10 Å². The van der Waals surface area contributed by atoms with Gasteiger partial charge in [0, 0.05) is 0 Å². The van der Waals surface area contributed by atoms with E-state index in [-0.39, 0.29) is 5.41 Å². The van der Waals surface area contributed by atoms with E-state index in [1.807, 2.05) is 12.1 Å². The molecule has 112 valence electrons. The maximum atomic E-state index is 5.94. The van der Waals surface area contributed by atoms with Crippen LogP contribution in [0, 0.1) is 0 Å². The van der Waals surface area contributed by atoms with E-state index in [0.717, 1.165) is 17.9 Å². The number of rotatable bonds is 4. The molecule has 4 heteroatoms. The van der Waals surface area contributed by atoms with Gasteiger partial charge in [-0.25, -0.2) is 0 Å². The molecule has 3 nitrogen and oxygen atoms in total. The molecule has 1 heterocycles. The molecule has 1 aromatic carbocycles. The van der Waals surface area contributed by atoms with Gasteiger partial charge in [-0.05, 0) is 41.2 Å². The van der Waals surface area contributed by atoms with Gasteiger partial charge in [-0.3, -0.25) is 0 Å². The van der Waals surface area contributed by atoms with Gasteiger partial charge < -0.3 is 4.74 Å². The quantitative estimate of drug-likeness (QED) is 0.830. The molecule has 0 unspecified atom stereocenters. The van der Waals surface area contributed by atoms with Gasteiger partial charge in [0.15, 0.2) is 5.15 Å². The third-order valence-corrected chi connectivity index (χ3v) is 3.52. The second-order valence-corrected chi connectivity index (χ2v) is 6.46. The number of ether oxygens (including phenoxy) is 1. The van der Waals surface area contributed by atoms with Crippen LogP contribution in [0.25, 0.3) is 0 Å². The van der Waals surface area contributed by atoms with Gasteiger partial charge in [0.2, 0.25) is 0 Å². The first-order chi connectivity index (χ1) is 9.90. The summed E-state index contributed by atoms with van der Waals surface area (Å²) in [6.07, 6.45) is 1.02. The normalized spacial score (nSPS) is 11.5. The Bertz CT molecular complexity index is 603. The topological polar surface area (TPSA) is 35.0 Å². The Morgan fingerprint density at radius 1 is 1.10 bits per heavy atom. The largest absolute Gasteiger partial charge is 0.487 e. The number of aryl methyl sites for hydroxylation is 1. The molecule has 0 aliphatic carbocycles. The summed E-state index contributed by atoms with van der Waals surface area (Å²) < 4.78 is 5.94. The van der Waals surface area contributed by atoms with E-state index in [0.29, 0.717) is 11.8 Å². The van der Waals surface area contributed by atoms with Crippen LogP contribution < -0.4 is 4.74 Å². The van der Waals surface area contributed by atoms with Crippen LogP contribution in [-0.2, 0) is 18.4 Å². The van der Waals surface area contributed by atoms with Crippen LogP contribution in [0.4, 0.5) is 0 Å². The average Bonchev–Trinajstić information content (AvgIpc) is 2.45. The molecule has 0 saturated heterocycles. The average molecular weight is 305 g/mol. The van der Waals surface area contributed by atoms with Crippen molar-refractivity contribution in [2.75, 3.05) is 0 Å². The van der Waals surface area contributed by atoms with E-state index in [1.165, 1.54) is 11.1 Å². The second kappa shape index (κ2) is 6.44. The van der Waals surface area contributed by atoms with E-state index in [4.69, 9.17) is 16.3 Å². The van der Waals surface area contributed by atoms with E-state index in [1.54, 1.807) is 6.07 Å². The first-order valence-electron chi connectivity index (χ1n) is 7.14. The lowest BCUT2D eigenvalue weighted by Crippen LogP contribution is -2.14. The van der Waals surface area contributed by atoms with E-state index < -0.39 is 0 Å². The molecular weight excluding hydrogens is 284 g/mol. The predicted molar refractivity (Wildman–Crippen MR) is 85.9 cm³/mol. The van der Waals surface area contributed by atoms with Crippen molar-refractivity contribution in [1.29, 1.82) is 0 Å². The maximum Gasteiger partial charge on any atom is 0.151 e. The van der Waals surface area contributed by atoms with Gasteiger partial charge in [-0.15, -0.1) is 5.10 Å². The van der Waals surface area contributed by atoms with Gasteiger partial charge >= 0.3 is 0 Å². The molecule has 2 rings (SSSR count). The van der Waals surface area contributed by atoms with E-state index >= 15 is 0 Å². The fraction of sp³-hybridized carbons (Fsp3) is 0.412. The zero-order chi connectivity index (χ0) is 15.5. The van der Waals surface area contributed by atoms with Crippen LogP contribution in [0.3, 0.4) is 0 Å². The van der Waals surface area contributed by atoms with Crippen molar-refractivity contribution in [2.45, 2.75) is 46.1 Å². The van der Waals surface area contributed by atoms with Crippen molar-refractivity contribution in [3.05, 3.63) is 52.3 Å². The summed E-state index contributed by atoms with van der Waals surface area (Å²) in [6.45, 7) is 9.12. The van der Waals surface area contributed by atoms with Crippen molar-refractivity contribution >= 4 is 11.6 Å². The smallest absolute Gasteiger partial charge is 0.151 e. The Hall–Kier alpha value is -1.61. The Kier molecular flexibility index (Phi) is 4.84. The number of nitrogens with zero attached hydrogens (tertiary/aromatic N) is 2. The summed E-state index contributed by atoms with van der Waals surface area (Å²) in [7, 11) is 0. The second-order valence-electron chi connectivity index (χ2n) is 6.07. The molecule has 0 aliphatic heterocycles. The Morgan fingerprint density at radius 2 is 1.86 bits per heavy atom. The highest BCUT2D eigenvalue weighted by atomic mass is 35.5. The lowest BCUT2D eigenvalue weighted by atomic mass is 9.85. The minimum absolute atomic E-state index is 0.0339. The summed E-state index contributed by atoms with van der Waals surface area (Å²) in [4.78, 5) is 0. The monoisotopic (exact) mass is 304 g/mol. The number of hydrogen-bond acceptors (Lipinski definition) is 3. The summed E-state index contributed by atoms with van der Waals surface area (Å²) in [5.74, 6) is 0.899. The predicted octanol–water partition coefficient (Wildman–Crippen LogP) is 4.57. The number of benzene rings is 1. The van der Waals surface area contributed by atoms with Gasteiger partial charge in [0.25, 0.3) is 0 Å². The molecule has 2 aromatic rings. The van der Waals surface area contributed by atoms with Gasteiger partial charge in [-0.1, -0.05) is 51.4 Å². The summed E-state index contributed by atoms with van der Waals surface area (Å²) >= 11 is 5.73. The van der Waals surface area contributed by atoms with Crippen molar-refractivity contribution < 1.29 is 4.74 Å². The molecule has 0 N–H and O–H groups in total. The first kappa shape index (κ1) is 15.8. The highest BCUT2D eigenvalue weighted by molar-refractivity contribution is 6.29. The van der Waals surface area contributed by atoms with E-state index in [9.17, 15) is 0 Å². The number of aromatic nitrogens is 2. The minimum Gasteiger partial charge on any atom is -0.487 e. The first-order valence-corrected chi connectivity index (χ1v) is 7.52. The van der Waals surface area contributed by atoms with Crippen molar-refractivity contribution in [3.8, 4) is 5.75 Å². The fourth-order valence-electron chi connectivity index (χ4n) is 2.08. The maximum absolute atomic E-state index is 5.94. The zero-order valence-corrected chi connectivity index (χ0v) is 13.7. The molecule has 0 atom stereocenters. The molecule has 0 saturated carbocycles. The van der Waals surface area contributed by atoms with Gasteiger partial charge in [0.05, 0.1) is 0 Å². The van der Waals surface area contributed by atoms with Crippen LogP contribution >= 0.6 is 11.6 Å². The zero-order valence-electron chi connectivity index (χ0n) is 13.0. The van der Waals surface area contributed by atoms with Gasteiger partial charge in [0.1, 0.15) is 18.1 Å². The molecular formula is C17H21ClN2O. The van der Waals surface area contributed by atoms with Crippen molar-refractivity contribution in [2.24, 2.45) is 0 Å². The van der Waals surface area contributed by atoms with Crippen molar-refractivity contribution in [1.82, 2.24) is 10.2 Å². The molecule has 0 amide bonds. The molecule has 0 radical (unpaired) electrons. The molecule has 0 fully saturated rings. The van der Waals surface area contributed by atoms with Crippen LogP contribution in [0.1, 0.15) is 44.5 Å². The highest BCUT2D eigenvalue weighted by Gasteiger charge is 2.19. The Balaban J connectivity index is 2.21. The van der Waals surface area contributed by atoms with E-state index in [2.05, 4.69) is 50.0 Å². The summed E-state index contributed by atoms with van der Waals surface area (Å²) in [5, 5.41) is 8.23. The molecule has 0 bridgehead atoms. The lowest BCUT2D eigenvalue weighted by molar-refractivity contribution is 0.291. The number of hydrogen-bond donors (Lipinski definition) is 0. The molecule has 0 aliphatic rings. The molecule has 1 aromatic heterocycles. The fourth-order valence-corrected chi connectivity index (χ4v) is 2.18. The Morgan fingerprint density at radius 3 is 2.43 bits per heavy atom. The van der Waals surface area contributed by atoms with Crippen LogP contribution in [0.5, 0.6) is 5.75 Å². The summed E-state index contributed by atoms with van der Waals surface area (Å²) in [6, 6.07) is 9.92.